The number of rotatable bonds is 4. The molecule has 180 valence electrons. The van der Waals surface area contributed by atoms with Gasteiger partial charge in [0.25, 0.3) is 10.1 Å². The molecule has 0 aromatic carbocycles. The van der Waals surface area contributed by atoms with Crippen LogP contribution < -0.4 is 0 Å². The molecule has 0 aromatic rings. The zero-order valence-electron chi connectivity index (χ0n) is 19.8. The van der Waals surface area contributed by atoms with Gasteiger partial charge in [0.15, 0.2) is 0 Å². The van der Waals surface area contributed by atoms with Crippen LogP contribution in [-0.4, -0.2) is 79.1 Å². The van der Waals surface area contributed by atoms with Crippen molar-refractivity contribution in [2.75, 3.05) is 19.4 Å². The number of carbonyl (C=O) groups is 2. The number of hydrogen-bond donors (Lipinski definition) is 0. The average Bonchev–Trinajstić information content (AvgIpc) is 2.56. The molecule has 0 N–H and O–H groups in total. The minimum Gasteiger partial charge on any atom is -0.444 e. The van der Waals surface area contributed by atoms with Gasteiger partial charge in [-0.25, -0.2) is 9.59 Å². The monoisotopic (exact) mass is 462 g/mol. The molecule has 0 aromatic heterocycles. The van der Waals surface area contributed by atoms with Gasteiger partial charge in [-0.3, -0.25) is 9.08 Å². The molecule has 2 amide bonds. The highest BCUT2D eigenvalue weighted by Gasteiger charge is 2.48. The van der Waals surface area contributed by atoms with Gasteiger partial charge >= 0.3 is 12.2 Å². The number of carbonyl (C=O) groups excluding carboxylic acids is 2. The lowest BCUT2D eigenvalue weighted by molar-refractivity contribution is -0.0652. The Labute approximate surface area is 186 Å². The van der Waals surface area contributed by atoms with Gasteiger partial charge in [0.2, 0.25) is 0 Å². The minimum atomic E-state index is -3.61. The fourth-order valence-corrected chi connectivity index (χ4v) is 4.60. The van der Waals surface area contributed by atoms with Gasteiger partial charge in [-0.2, -0.15) is 8.42 Å². The van der Waals surface area contributed by atoms with Crippen molar-refractivity contribution < 1.29 is 31.7 Å². The summed E-state index contributed by atoms with van der Waals surface area (Å²) in [4.78, 5) is 29.6. The highest BCUT2D eigenvalue weighted by molar-refractivity contribution is 7.85. The van der Waals surface area contributed by atoms with Gasteiger partial charge in [0, 0.05) is 6.54 Å². The maximum atomic E-state index is 13.2. The fourth-order valence-electron chi connectivity index (χ4n) is 4.20. The molecule has 1 aliphatic carbocycles. The minimum absolute atomic E-state index is 0.0810. The zero-order valence-corrected chi connectivity index (χ0v) is 20.7. The standard InChI is InChI=1S/C21H38N2O7S/c1-20(2,3)29-18(24)22-14-15(12-13-28-31(7,26)27)23(19(25)30-21(4,5)6)17-11-9-8-10-16(17)22/h15-17H,8-14H2,1-7H3/t15?,16?,17-/m0/s1. The van der Waals surface area contributed by atoms with Crippen LogP contribution in [0.25, 0.3) is 0 Å². The van der Waals surface area contributed by atoms with Crippen molar-refractivity contribution in [1.82, 2.24) is 9.80 Å². The number of amides is 2. The van der Waals surface area contributed by atoms with Gasteiger partial charge in [-0.05, 0) is 60.8 Å². The number of piperazine rings is 1. The Hall–Kier alpha value is -1.55. The molecule has 0 spiro atoms. The van der Waals surface area contributed by atoms with Crippen molar-refractivity contribution >= 4 is 22.3 Å². The number of hydrogen-bond acceptors (Lipinski definition) is 7. The molecule has 9 nitrogen and oxygen atoms in total. The predicted octanol–water partition coefficient (Wildman–Crippen LogP) is 3.52. The van der Waals surface area contributed by atoms with E-state index in [1.54, 1.807) is 9.80 Å². The Kier molecular flexibility index (Phi) is 7.90. The molecule has 2 aliphatic rings. The normalized spacial score (nSPS) is 25.1. The highest BCUT2D eigenvalue weighted by Crippen LogP contribution is 2.35. The highest BCUT2D eigenvalue weighted by atomic mass is 32.2. The second-order valence-electron chi connectivity index (χ2n) is 10.4. The van der Waals surface area contributed by atoms with Crippen molar-refractivity contribution in [3.05, 3.63) is 0 Å². The molecular weight excluding hydrogens is 424 g/mol. The molecule has 2 rings (SSSR count). The summed E-state index contributed by atoms with van der Waals surface area (Å²) < 4.78 is 39.1. The fraction of sp³-hybridized carbons (Fsp3) is 0.905. The van der Waals surface area contributed by atoms with Crippen LogP contribution in [0, 0.1) is 0 Å². The summed E-state index contributed by atoms with van der Waals surface area (Å²) in [5.74, 6) is 0. The molecule has 3 atom stereocenters. The lowest BCUT2D eigenvalue weighted by Crippen LogP contribution is -2.68. The third-order valence-corrected chi connectivity index (χ3v) is 5.83. The Balaban J connectivity index is 2.32. The van der Waals surface area contributed by atoms with Crippen LogP contribution in [0.2, 0.25) is 0 Å². The Morgan fingerprint density at radius 3 is 1.94 bits per heavy atom. The summed E-state index contributed by atoms with van der Waals surface area (Å²) >= 11 is 0. The lowest BCUT2D eigenvalue weighted by Gasteiger charge is -2.53. The molecular formula is C21H38N2O7S. The first kappa shape index (κ1) is 25.7. The molecule has 2 unspecified atom stereocenters. The molecule has 2 fully saturated rings. The number of ether oxygens (including phenoxy) is 2. The van der Waals surface area contributed by atoms with Crippen molar-refractivity contribution in [2.45, 2.75) is 103 Å². The topological polar surface area (TPSA) is 102 Å². The first-order valence-corrected chi connectivity index (χ1v) is 12.7. The van der Waals surface area contributed by atoms with E-state index in [-0.39, 0.29) is 31.7 Å². The SMILES string of the molecule is CC(C)(C)OC(=O)N1CC(CCOS(C)(=O)=O)N(C(=O)OC(C)(C)C)[C@H]2CCCCC21. The molecule has 0 bridgehead atoms. The summed E-state index contributed by atoms with van der Waals surface area (Å²) in [6.07, 6.45) is 3.81. The molecule has 10 heteroatoms. The third-order valence-electron chi connectivity index (χ3n) is 5.23. The van der Waals surface area contributed by atoms with Crippen LogP contribution in [0.1, 0.15) is 73.6 Å². The Morgan fingerprint density at radius 2 is 1.42 bits per heavy atom. The zero-order chi connectivity index (χ0) is 23.6. The van der Waals surface area contributed by atoms with Crippen molar-refractivity contribution in [3.8, 4) is 0 Å². The van der Waals surface area contributed by atoms with E-state index in [2.05, 4.69) is 0 Å². The van der Waals surface area contributed by atoms with E-state index in [1.165, 1.54) is 0 Å². The van der Waals surface area contributed by atoms with E-state index in [0.717, 1.165) is 31.9 Å². The van der Waals surface area contributed by atoms with Gasteiger partial charge in [0.1, 0.15) is 11.2 Å². The molecule has 0 radical (unpaired) electrons. The number of fused-ring (bicyclic) bond motifs is 1. The number of nitrogens with zero attached hydrogens (tertiary/aromatic N) is 2. The first-order chi connectivity index (χ1) is 14.1. The summed E-state index contributed by atoms with van der Waals surface area (Å²) in [6.45, 7) is 11.0. The Bertz CT molecular complexity index is 755. The molecule has 1 saturated carbocycles. The van der Waals surface area contributed by atoms with Gasteiger partial charge in [-0.1, -0.05) is 12.8 Å². The van der Waals surface area contributed by atoms with Gasteiger partial charge in [0.05, 0.1) is 31.0 Å². The van der Waals surface area contributed by atoms with E-state index in [1.807, 2.05) is 41.5 Å². The largest absolute Gasteiger partial charge is 0.444 e. The van der Waals surface area contributed by atoms with E-state index in [0.29, 0.717) is 0 Å². The van der Waals surface area contributed by atoms with Crippen LogP contribution in [0.5, 0.6) is 0 Å². The molecule has 31 heavy (non-hydrogen) atoms. The van der Waals surface area contributed by atoms with Crippen LogP contribution in [0.15, 0.2) is 0 Å². The van der Waals surface area contributed by atoms with Crippen LogP contribution in [0.3, 0.4) is 0 Å². The molecule has 1 aliphatic heterocycles. The van der Waals surface area contributed by atoms with Crippen molar-refractivity contribution in [3.63, 3.8) is 0 Å². The maximum Gasteiger partial charge on any atom is 0.410 e. The molecule has 1 heterocycles. The second kappa shape index (κ2) is 9.52. The lowest BCUT2D eigenvalue weighted by atomic mass is 9.84. The maximum absolute atomic E-state index is 13.2. The molecule has 1 saturated heterocycles. The summed E-state index contributed by atoms with van der Waals surface area (Å²) in [6, 6.07) is -0.820. The van der Waals surface area contributed by atoms with Crippen LogP contribution in [-0.2, 0) is 23.8 Å². The summed E-state index contributed by atoms with van der Waals surface area (Å²) in [5, 5.41) is 0. The summed E-state index contributed by atoms with van der Waals surface area (Å²) in [7, 11) is -3.61. The van der Waals surface area contributed by atoms with E-state index >= 15 is 0 Å². The van der Waals surface area contributed by atoms with Crippen molar-refractivity contribution in [2.24, 2.45) is 0 Å². The smallest absolute Gasteiger partial charge is 0.410 e. The predicted molar refractivity (Wildman–Crippen MR) is 116 cm³/mol. The van der Waals surface area contributed by atoms with Crippen molar-refractivity contribution in [1.29, 1.82) is 0 Å². The quantitative estimate of drug-likeness (QED) is 0.589. The van der Waals surface area contributed by atoms with Crippen LogP contribution >= 0.6 is 0 Å². The van der Waals surface area contributed by atoms with E-state index in [4.69, 9.17) is 13.7 Å². The first-order valence-electron chi connectivity index (χ1n) is 10.9. The van der Waals surface area contributed by atoms with Gasteiger partial charge < -0.3 is 14.4 Å². The van der Waals surface area contributed by atoms with Crippen LogP contribution in [0.4, 0.5) is 9.59 Å². The third kappa shape index (κ3) is 7.82. The van der Waals surface area contributed by atoms with E-state index in [9.17, 15) is 18.0 Å². The Morgan fingerprint density at radius 1 is 0.903 bits per heavy atom. The van der Waals surface area contributed by atoms with E-state index < -0.39 is 39.5 Å². The summed E-state index contributed by atoms with van der Waals surface area (Å²) in [5.41, 5.74) is -1.31. The average molecular weight is 463 g/mol. The van der Waals surface area contributed by atoms with Gasteiger partial charge in [-0.15, -0.1) is 0 Å². The second-order valence-corrected chi connectivity index (χ2v) is 12.1.